The van der Waals surface area contributed by atoms with Crippen molar-refractivity contribution < 1.29 is 4.79 Å². The lowest BCUT2D eigenvalue weighted by atomic mass is 10.0. The Kier molecular flexibility index (Phi) is 2.06. The summed E-state index contributed by atoms with van der Waals surface area (Å²) in [6.07, 6.45) is 3.46. The summed E-state index contributed by atoms with van der Waals surface area (Å²) in [4.78, 5) is 17.0. The van der Waals surface area contributed by atoms with Gasteiger partial charge in [0.25, 0.3) is 0 Å². The predicted octanol–water partition coefficient (Wildman–Crippen LogP) is 2.29. The number of ketones is 1. The molecule has 1 aromatic carbocycles. The summed E-state index contributed by atoms with van der Waals surface area (Å²) in [6, 6.07) is 9.79. The van der Waals surface area contributed by atoms with E-state index >= 15 is 0 Å². The van der Waals surface area contributed by atoms with Crippen LogP contribution in [0.5, 0.6) is 0 Å². The van der Waals surface area contributed by atoms with Gasteiger partial charge < -0.3 is 0 Å². The average molecular weight is 249 g/mol. The Labute approximate surface area is 109 Å². The summed E-state index contributed by atoms with van der Waals surface area (Å²) in [6.45, 7) is 0. The molecule has 19 heavy (non-hydrogen) atoms. The van der Waals surface area contributed by atoms with Crippen molar-refractivity contribution in [2.75, 3.05) is 0 Å². The monoisotopic (exact) mass is 249 g/mol. The van der Waals surface area contributed by atoms with E-state index in [-0.39, 0.29) is 5.78 Å². The minimum atomic E-state index is 0.0135. The lowest BCUT2D eigenvalue weighted by Crippen LogP contribution is -2.07. The van der Waals surface area contributed by atoms with E-state index in [0.717, 1.165) is 34.9 Å². The number of benzene rings is 1. The number of carbonyl (C=O) groups is 1. The zero-order valence-corrected chi connectivity index (χ0v) is 10.2. The lowest BCUT2D eigenvalue weighted by molar-refractivity contribution is 0.103. The molecule has 0 bridgehead atoms. The third-order valence-electron chi connectivity index (χ3n) is 3.65. The SMILES string of the molecule is O=C1c2ccccc2CCc2cc3cn[nH]c3nc21. The quantitative estimate of drug-likeness (QED) is 0.665. The first-order valence-electron chi connectivity index (χ1n) is 6.28. The number of H-pyrrole nitrogens is 1. The highest BCUT2D eigenvalue weighted by atomic mass is 16.1. The fraction of sp³-hybridized carbons (Fsp3) is 0.133. The first-order valence-corrected chi connectivity index (χ1v) is 6.28. The number of nitrogens with zero attached hydrogens (tertiary/aromatic N) is 2. The van der Waals surface area contributed by atoms with E-state index in [0.29, 0.717) is 11.3 Å². The summed E-state index contributed by atoms with van der Waals surface area (Å²) in [5, 5.41) is 7.74. The maximum Gasteiger partial charge on any atom is 0.211 e. The van der Waals surface area contributed by atoms with Crippen LogP contribution < -0.4 is 0 Å². The van der Waals surface area contributed by atoms with Crippen molar-refractivity contribution in [1.82, 2.24) is 15.2 Å². The number of pyridine rings is 1. The summed E-state index contributed by atoms with van der Waals surface area (Å²) in [5.74, 6) is 0.0135. The van der Waals surface area contributed by atoms with E-state index in [2.05, 4.69) is 15.2 Å². The Bertz CT molecular complexity index is 804. The van der Waals surface area contributed by atoms with Gasteiger partial charge in [-0.25, -0.2) is 4.98 Å². The molecule has 0 saturated carbocycles. The number of hydrogen-bond acceptors (Lipinski definition) is 3. The number of fused-ring (bicyclic) bond motifs is 3. The van der Waals surface area contributed by atoms with E-state index < -0.39 is 0 Å². The minimum Gasteiger partial charge on any atom is -0.287 e. The fourth-order valence-corrected chi connectivity index (χ4v) is 2.67. The van der Waals surface area contributed by atoms with Crippen molar-refractivity contribution in [2.45, 2.75) is 12.8 Å². The molecule has 0 spiro atoms. The third kappa shape index (κ3) is 1.50. The Morgan fingerprint density at radius 3 is 2.89 bits per heavy atom. The topological polar surface area (TPSA) is 58.6 Å². The van der Waals surface area contributed by atoms with E-state index in [1.54, 1.807) is 6.20 Å². The minimum absolute atomic E-state index is 0.0135. The Morgan fingerprint density at radius 2 is 1.95 bits per heavy atom. The van der Waals surface area contributed by atoms with Crippen LogP contribution in [0.25, 0.3) is 11.0 Å². The molecule has 3 aromatic rings. The highest BCUT2D eigenvalue weighted by Crippen LogP contribution is 2.25. The van der Waals surface area contributed by atoms with Crippen LogP contribution in [-0.2, 0) is 12.8 Å². The van der Waals surface area contributed by atoms with E-state index in [9.17, 15) is 4.79 Å². The molecule has 1 aliphatic carbocycles. The first-order chi connectivity index (χ1) is 9.33. The highest BCUT2D eigenvalue weighted by Gasteiger charge is 2.22. The van der Waals surface area contributed by atoms with Crippen LogP contribution in [0.15, 0.2) is 36.5 Å². The number of aryl methyl sites for hydroxylation is 2. The molecule has 1 N–H and O–H groups in total. The molecule has 0 saturated heterocycles. The van der Waals surface area contributed by atoms with Crippen molar-refractivity contribution in [2.24, 2.45) is 0 Å². The number of nitrogens with one attached hydrogen (secondary N) is 1. The maximum atomic E-state index is 12.6. The van der Waals surface area contributed by atoms with Gasteiger partial charge in [0.15, 0.2) is 5.65 Å². The largest absolute Gasteiger partial charge is 0.287 e. The van der Waals surface area contributed by atoms with Crippen molar-refractivity contribution in [1.29, 1.82) is 0 Å². The van der Waals surface area contributed by atoms with E-state index in [1.165, 1.54) is 0 Å². The van der Waals surface area contributed by atoms with E-state index in [1.807, 2.05) is 30.3 Å². The lowest BCUT2D eigenvalue weighted by Gasteiger charge is -2.04. The van der Waals surface area contributed by atoms with Crippen LogP contribution in [0.3, 0.4) is 0 Å². The second-order valence-electron chi connectivity index (χ2n) is 4.79. The van der Waals surface area contributed by atoms with Crippen molar-refractivity contribution in [3.8, 4) is 0 Å². The van der Waals surface area contributed by atoms with Gasteiger partial charge in [0.1, 0.15) is 5.69 Å². The number of carbonyl (C=O) groups excluding carboxylic acids is 1. The van der Waals surface area contributed by atoms with Crippen molar-refractivity contribution >= 4 is 16.8 Å². The zero-order valence-electron chi connectivity index (χ0n) is 10.2. The molecule has 0 radical (unpaired) electrons. The van der Waals surface area contributed by atoms with Crippen LogP contribution in [0.1, 0.15) is 27.2 Å². The van der Waals surface area contributed by atoms with Crippen LogP contribution in [0, 0.1) is 0 Å². The average Bonchev–Trinajstić information content (AvgIpc) is 2.85. The van der Waals surface area contributed by atoms with Crippen LogP contribution in [0.4, 0.5) is 0 Å². The number of aromatic nitrogens is 3. The Balaban J connectivity index is 1.99. The Hall–Kier alpha value is -2.49. The summed E-state index contributed by atoms with van der Waals surface area (Å²) >= 11 is 0. The fourth-order valence-electron chi connectivity index (χ4n) is 2.67. The van der Waals surface area contributed by atoms with Crippen molar-refractivity contribution in [3.63, 3.8) is 0 Å². The van der Waals surface area contributed by atoms with Gasteiger partial charge in [0.05, 0.1) is 6.20 Å². The first kappa shape index (κ1) is 10.4. The van der Waals surface area contributed by atoms with Crippen LogP contribution in [-0.4, -0.2) is 21.0 Å². The molecular weight excluding hydrogens is 238 g/mol. The van der Waals surface area contributed by atoms with Gasteiger partial charge >= 0.3 is 0 Å². The van der Waals surface area contributed by atoms with Gasteiger partial charge in [0, 0.05) is 10.9 Å². The van der Waals surface area contributed by atoms with Crippen LogP contribution >= 0.6 is 0 Å². The summed E-state index contributed by atoms with van der Waals surface area (Å²) in [7, 11) is 0. The molecule has 2 aromatic heterocycles. The molecule has 92 valence electrons. The highest BCUT2D eigenvalue weighted by molar-refractivity contribution is 6.10. The second kappa shape index (κ2) is 3.75. The Morgan fingerprint density at radius 1 is 1.11 bits per heavy atom. The summed E-state index contributed by atoms with van der Waals surface area (Å²) < 4.78 is 0. The molecule has 1 aliphatic rings. The molecule has 4 heteroatoms. The third-order valence-corrected chi connectivity index (χ3v) is 3.65. The molecule has 0 aliphatic heterocycles. The molecule has 0 atom stereocenters. The van der Waals surface area contributed by atoms with Gasteiger partial charge in [-0.05, 0) is 30.0 Å². The molecule has 0 unspecified atom stereocenters. The molecule has 0 amide bonds. The normalized spacial score (nSPS) is 14.0. The standard InChI is InChI=1S/C15H11N3O/c19-14-12-4-2-1-3-9(12)5-6-10-7-11-8-16-18-15(11)17-13(10)14/h1-4,7-8H,5-6H2,(H,16,17,18). The van der Waals surface area contributed by atoms with Gasteiger partial charge in [-0.3, -0.25) is 9.89 Å². The number of hydrogen-bond donors (Lipinski definition) is 1. The molecule has 4 nitrogen and oxygen atoms in total. The van der Waals surface area contributed by atoms with Gasteiger partial charge in [-0.1, -0.05) is 24.3 Å². The van der Waals surface area contributed by atoms with Crippen molar-refractivity contribution in [3.05, 3.63) is 58.9 Å². The number of rotatable bonds is 0. The molecule has 0 fully saturated rings. The second-order valence-corrected chi connectivity index (χ2v) is 4.79. The molecule has 4 rings (SSSR count). The van der Waals surface area contributed by atoms with Crippen LogP contribution in [0.2, 0.25) is 0 Å². The van der Waals surface area contributed by atoms with Gasteiger partial charge in [-0.2, -0.15) is 5.10 Å². The smallest absolute Gasteiger partial charge is 0.211 e. The summed E-state index contributed by atoms with van der Waals surface area (Å²) in [5.41, 5.74) is 4.11. The predicted molar refractivity (Wildman–Crippen MR) is 71.2 cm³/mol. The maximum absolute atomic E-state index is 12.6. The molecule has 2 heterocycles. The van der Waals surface area contributed by atoms with Gasteiger partial charge in [0.2, 0.25) is 5.78 Å². The zero-order chi connectivity index (χ0) is 12.8. The number of aromatic amines is 1. The van der Waals surface area contributed by atoms with E-state index in [4.69, 9.17) is 0 Å². The molecular formula is C15H11N3O. The van der Waals surface area contributed by atoms with Gasteiger partial charge in [-0.15, -0.1) is 0 Å².